The van der Waals surface area contributed by atoms with Crippen LogP contribution < -0.4 is 0 Å². The van der Waals surface area contributed by atoms with Gasteiger partial charge in [0.1, 0.15) is 5.82 Å². The zero-order chi connectivity index (χ0) is 13.9. The SMILES string of the molecule is Cc1cc(F)ccc1CC(O)CC(C)C(C)(C)C. The van der Waals surface area contributed by atoms with Crippen molar-refractivity contribution in [3.05, 3.63) is 35.1 Å². The largest absolute Gasteiger partial charge is 0.393 e. The number of aryl methyl sites for hydroxylation is 1. The monoisotopic (exact) mass is 252 g/mol. The molecule has 18 heavy (non-hydrogen) atoms. The molecule has 2 unspecified atom stereocenters. The van der Waals surface area contributed by atoms with Gasteiger partial charge in [-0.05, 0) is 54.4 Å². The van der Waals surface area contributed by atoms with Crippen molar-refractivity contribution in [2.24, 2.45) is 11.3 Å². The van der Waals surface area contributed by atoms with E-state index < -0.39 is 0 Å². The topological polar surface area (TPSA) is 20.2 Å². The van der Waals surface area contributed by atoms with Crippen molar-refractivity contribution in [2.75, 3.05) is 0 Å². The lowest BCUT2D eigenvalue weighted by atomic mass is 9.78. The lowest BCUT2D eigenvalue weighted by Crippen LogP contribution is -2.24. The predicted molar refractivity (Wildman–Crippen MR) is 74.1 cm³/mol. The summed E-state index contributed by atoms with van der Waals surface area (Å²) in [6, 6.07) is 4.76. The minimum atomic E-state index is -0.358. The summed E-state index contributed by atoms with van der Waals surface area (Å²) in [5, 5.41) is 10.1. The van der Waals surface area contributed by atoms with E-state index in [4.69, 9.17) is 0 Å². The van der Waals surface area contributed by atoms with Crippen molar-refractivity contribution in [1.29, 1.82) is 0 Å². The average molecular weight is 252 g/mol. The number of halogens is 1. The summed E-state index contributed by atoms with van der Waals surface area (Å²) in [7, 11) is 0. The van der Waals surface area contributed by atoms with E-state index in [0.717, 1.165) is 17.5 Å². The Balaban J connectivity index is 2.62. The summed E-state index contributed by atoms with van der Waals surface area (Å²) >= 11 is 0. The Bertz CT molecular complexity index is 393. The molecule has 0 aliphatic rings. The zero-order valence-electron chi connectivity index (χ0n) is 12.1. The van der Waals surface area contributed by atoms with Gasteiger partial charge < -0.3 is 5.11 Å². The van der Waals surface area contributed by atoms with Gasteiger partial charge in [-0.15, -0.1) is 0 Å². The highest BCUT2D eigenvalue weighted by atomic mass is 19.1. The van der Waals surface area contributed by atoms with Gasteiger partial charge in [-0.1, -0.05) is 33.8 Å². The highest BCUT2D eigenvalue weighted by Gasteiger charge is 2.23. The van der Waals surface area contributed by atoms with Crippen LogP contribution in [0, 0.1) is 24.1 Å². The number of hydrogen-bond acceptors (Lipinski definition) is 1. The highest BCUT2D eigenvalue weighted by Crippen LogP contribution is 2.29. The molecule has 1 rings (SSSR count). The zero-order valence-corrected chi connectivity index (χ0v) is 12.1. The Kier molecular flexibility index (Phi) is 4.92. The summed E-state index contributed by atoms with van der Waals surface area (Å²) in [6.45, 7) is 10.6. The number of benzene rings is 1. The fourth-order valence-electron chi connectivity index (χ4n) is 1.99. The summed E-state index contributed by atoms with van der Waals surface area (Å²) in [6.07, 6.45) is 1.02. The molecule has 0 radical (unpaired) electrons. The molecule has 102 valence electrons. The molecule has 1 nitrogen and oxygen atoms in total. The second-order valence-electron chi connectivity index (χ2n) is 6.43. The highest BCUT2D eigenvalue weighted by molar-refractivity contribution is 5.27. The van der Waals surface area contributed by atoms with Crippen molar-refractivity contribution < 1.29 is 9.50 Å². The molecule has 1 aromatic rings. The summed E-state index contributed by atoms with van der Waals surface area (Å²) in [5.74, 6) is 0.238. The second-order valence-corrected chi connectivity index (χ2v) is 6.43. The van der Waals surface area contributed by atoms with Gasteiger partial charge >= 0.3 is 0 Å². The number of aliphatic hydroxyl groups excluding tert-OH is 1. The van der Waals surface area contributed by atoms with E-state index in [9.17, 15) is 9.50 Å². The maximum atomic E-state index is 13.0. The summed E-state index contributed by atoms with van der Waals surface area (Å²) in [4.78, 5) is 0. The minimum Gasteiger partial charge on any atom is -0.393 e. The first kappa shape index (κ1) is 15.2. The van der Waals surface area contributed by atoms with Crippen LogP contribution in [0.4, 0.5) is 4.39 Å². The molecule has 0 heterocycles. The van der Waals surface area contributed by atoms with Gasteiger partial charge in [0.2, 0.25) is 0 Å². The molecule has 0 aliphatic heterocycles. The van der Waals surface area contributed by atoms with Gasteiger partial charge in [0.15, 0.2) is 0 Å². The first-order valence-corrected chi connectivity index (χ1v) is 6.63. The molecule has 0 amide bonds. The van der Waals surface area contributed by atoms with E-state index >= 15 is 0 Å². The lowest BCUT2D eigenvalue weighted by molar-refractivity contribution is 0.110. The van der Waals surface area contributed by atoms with Crippen LogP contribution in [0.25, 0.3) is 0 Å². The van der Waals surface area contributed by atoms with Crippen LogP contribution in [0.1, 0.15) is 45.2 Å². The minimum absolute atomic E-state index is 0.207. The normalized spacial score (nSPS) is 15.5. The van der Waals surface area contributed by atoms with Gasteiger partial charge in [-0.3, -0.25) is 0 Å². The molecule has 0 spiro atoms. The first-order chi connectivity index (χ1) is 8.20. The van der Waals surface area contributed by atoms with Gasteiger partial charge in [-0.25, -0.2) is 4.39 Å². The molecular weight excluding hydrogens is 227 g/mol. The van der Waals surface area contributed by atoms with Gasteiger partial charge in [0, 0.05) is 0 Å². The Morgan fingerprint density at radius 1 is 1.28 bits per heavy atom. The smallest absolute Gasteiger partial charge is 0.123 e. The van der Waals surface area contributed by atoms with Crippen LogP contribution in [0.3, 0.4) is 0 Å². The maximum absolute atomic E-state index is 13.0. The standard InChI is InChI=1S/C16H25FO/c1-11-8-14(17)7-6-13(11)10-15(18)9-12(2)16(3,4)5/h6-8,12,15,18H,9-10H2,1-5H3. The van der Waals surface area contributed by atoms with E-state index in [-0.39, 0.29) is 17.3 Å². The van der Waals surface area contributed by atoms with E-state index in [1.165, 1.54) is 12.1 Å². The number of aliphatic hydroxyl groups is 1. The molecule has 0 fully saturated rings. The van der Waals surface area contributed by atoms with Crippen LogP contribution in [0.5, 0.6) is 0 Å². The van der Waals surface area contributed by atoms with Gasteiger partial charge in [0.05, 0.1) is 6.10 Å². The van der Waals surface area contributed by atoms with Crippen molar-refractivity contribution in [3.8, 4) is 0 Å². The molecule has 2 heteroatoms. The van der Waals surface area contributed by atoms with E-state index in [2.05, 4.69) is 27.7 Å². The lowest BCUT2D eigenvalue weighted by Gasteiger charge is -2.29. The van der Waals surface area contributed by atoms with Gasteiger partial charge in [-0.2, -0.15) is 0 Å². The molecule has 0 saturated carbocycles. The third kappa shape index (κ3) is 4.41. The summed E-state index contributed by atoms with van der Waals surface area (Å²) < 4.78 is 13.0. The van der Waals surface area contributed by atoms with Crippen molar-refractivity contribution in [1.82, 2.24) is 0 Å². The average Bonchev–Trinajstić information content (AvgIpc) is 2.20. The maximum Gasteiger partial charge on any atom is 0.123 e. The molecular formula is C16H25FO. The Morgan fingerprint density at radius 2 is 1.89 bits per heavy atom. The van der Waals surface area contributed by atoms with E-state index in [1.54, 1.807) is 6.07 Å². The fraction of sp³-hybridized carbons (Fsp3) is 0.625. The third-order valence-corrected chi connectivity index (χ3v) is 3.86. The number of rotatable bonds is 4. The van der Waals surface area contributed by atoms with Crippen LogP contribution in [0.2, 0.25) is 0 Å². The molecule has 1 N–H and O–H groups in total. The fourth-order valence-corrected chi connectivity index (χ4v) is 1.99. The first-order valence-electron chi connectivity index (χ1n) is 6.63. The molecule has 0 bridgehead atoms. The molecule has 0 aromatic heterocycles. The Hall–Kier alpha value is -0.890. The Morgan fingerprint density at radius 3 is 2.39 bits per heavy atom. The Labute approximate surface area is 110 Å². The number of hydrogen-bond donors (Lipinski definition) is 1. The molecule has 1 aromatic carbocycles. The summed E-state index contributed by atoms with van der Waals surface area (Å²) in [5.41, 5.74) is 2.15. The van der Waals surface area contributed by atoms with Crippen LogP contribution in [-0.4, -0.2) is 11.2 Å². The van der Waals surface area contributed by atoms with Crippen molar-refractivity contribution >= 4 is 0 Å². The van der Waals surface area contributed by atoms with Crippen LogP contribution in [-0.2, 0) is 6.42 Å². The van der Waals surface area contributed by atoms with Crippen molar-refractivity contribution in [3.63, 3.8) is 0 Å². The molecule has 2 atom stereocenters. The van der Waals surface area contributed by atoms with E-state index in [1.807, 2.05) is 6.92 Å². The molecule has 0 saturated heterocycles. The quantitative estimate of drug-likeness (QED) is 0.855. The molecule has 0 aliphatic carbocycles. The predicted octanol–water partition coefficient (Wildman–Crippen LogP) is 4.11. The second kappa shape index (κ2) is 5.83. The van der Waals surface area contributed by atoms with Crippen LogP contribution in [0.15, 0.2) is 18.2 Å². The third-order valence-electron chi connectivity index (χ3n) is 3.86. The van der Waals surface area contributed by atoms with E-state index in [0.29, 0.717) is 12.3 Å². The van der Waals surface area contributed by atoms with Crippen LogP contribution >= 0.6 is 0 Å². The van der Waals surface area contributed by atoms with Crippen molar-refractivity contribution in [2.45, 2.75) is 53.6 Å². The van der Waals surface area contributed by atoms with Gasteiger partial charge in [0.25, 0.3) is 0 Å².